The molecule has 1 amide bonds. The molecular formula is C13H18NO2. The molecule has 1 aromatic rings. The minimum Gasteiger partial charge on any atom is -0.497 e. The van der Waals surface area contributed by atoms with Gasteiger partial charge in [0.2, 0.25) is 5.91 Å². The standard InChI is InChI=1S/C13H18NO2/c1-4-10(2)9-13(15)14-11-5-7-12(16-3)8-6-11/h5-10H,4H2,1-3H3,(H,14,15)/t10-/m1/s1. The van der Waals surface area contributed by atoms with Crippen molar-refractivity contribution in [3.8, 4) is 5.75 Å². The number of amides is 1. The monoisotopic (exact) mass is 220 g/mol. The molecule has 0 bridgehead atoms. The highest BCUT2D eigenvalue weighted by Gasteiger charge is 2.07. The van der Waals surface area contributed by atoms with Gasteiger partial charge in [-0.25, -0.2) is 0 Å². The van der Waals surface area contributed by atoms with E-state index in [1.54, 1.807) is 13.5 Å². The van der Waals surface area contributed by atoms with Gasteiger partial charge in [-0.15, -0.1) is 0 Å². The van der Waals surface area contributed by atoms with Crippen molar-refractivity contribution in [2.24, 2.45) is 5.92 Å². The Kier molecular flexibility index (Phi) is 4.83. The Morgan fingerprint density at radius 3 is 2.56 bits per heavy atom. The molecule has 0 aliphatic carbocycles. The van der Waals surface area contributed by atoms with E-state index < -0.39 is 0 Å². The smallest absolute Gasteiger partial charge is 0.228 e. The molecule has 0 spiro atoms. The molecule has 0 saturated heterocycles. The summed E-state index contributed by atoms with van der Waals surface area (Å²) >= 11 is 0. The molecular weight excluding hydrogens is 202 g/mol. The molecule has 3 nitrogen and oxygen atoms in total. The summed E-state index contributed by atoms with van der Waals surface area (Å²) in [5.74, 6) is 1.03. The fourth-order valence-corrected chi connectivity index (χ4v) is 1.23. The molecule has 1 atom stereocenters. The molecule has 0 unspecified atom stereocenters. The zero-order chi connectivity index (χ0) is 12.0. The van der Waals surface area contributed by atoms with E-state index in [0.29, 0.717) is 5.92 Å². The van der Waals surface area contributed by atoms with Gasteiger partial charge in [-0.1, -0.05) is 20.3 Å². The van der Waals surface area contributed by atoms with Crippen LogP contribution in [-0.4, -0.2) is 13.0 Å². The lowest BCUT2D eigenvalue weighted by atomic mass is 10.1. The summed E-state index contributed by atoms with van der Waals surface area (Å²) in [6.07, 6.45) is 2.67. The van der Waals surface area contributed by atoms with Gasteiger partial charge in [0, 0.05) is 5.69 Å². The maximum Gasteiger partial charge on any atom is 0.228 e. The SMILES string of the molecule is CC[C@@H](C)[CH]C(=O)Nc1ccc(OC)cc1. The second kappa shape index (κ2) is 6.16. The van der Waals surface area contributed by atoms with Crippen molar-refractivity contribution < 1.29 is 9.53 Å². The average molecular weight is 220 g/mol. The maximum absolute atomic E-state index is 11.5. The number of rotatable bonds is 5. The number of carbonyl (C=O) groups is 1. The Labute approximate surface area is 96.8 Å². The van der Waals surface area contributed by atoms with Crippen molar-refractivity contribution in [1.29, 1.82) is 0 Å². The van der Waals surface area contributed by atoms with E-state index in [1.807, 2.05) is 31.2 Å². The molecule has 0 aliphatic heterocycles. The van der Waals surface area contributed by atoms with Gasteiger partial charge in [0.05, 0.1) is 13.5 Å². The van der Waals surface area contributed by atoms with Crippen LogP contribution in [0.3, 0.4) is 0 Å². The number of hydrogen-bond donors (Lipinski definition) is 1. The molecule has 1 rings (SSSR count). The van der Waals surface area contributed by atoms with Gasteiger partial charge in [-0.2, -0.15) is 0 Å². The highest BCUT2D eigenvalue weighted by Crippen LogP contribution is 2.15. The Bertz CT molecular complexity index is 332. The molecule has 1 aromatic carbocycles. The second-order valence-electron chi connectivity index (χ2n) is 3.77. The zero-order valence-corrected chi connectivity index (χ0v) is 9.99. The zero-order valence-electron chi connectivity index (χ0n) is 9.99. The summed E-state index contributed by atoms with van der Waals surface area (Å²) in [6, 6.07) is 7.28. The number of anilines is 1. The number of methoxy groups -OCH3 is 1. The van der Waals surface area contributed by atoms with E-state index in [2.05, 4.69) is 12.2 Å². The van der Waals surface area contributed by atoms with Crippen LogP contribution in [-0.2, 0) is 4.79 Å². The number of carbonyl (C=O) groups excluding carboxylic acids is 1. The van der Waals surface area contributed by atoms with Crippen LogP contribution in [0.5, 0.6) is 5.75 Å². The lowest BCUT2D eigenvalue weighted by Gasteiger charge is -2.09. The summed E-state index contributed by atoms with van der Waals surface area (Å²) in [5, 5.41) is 2.81. The summed E-state index contributed by atoms with van der Waals surface area (Å²) in [4.78, 5) is 11.5. The first-order chi connectivity index (χ1) is 7.65. The lowest BCUT2D eigenvalue weighted by molar-refractivity contribution is -0.113. The summed E-state index contributed by atoms with van der Waals surface area (Å²) < 4.78 is 5.04. The van der Waals surface area contributed by atoms with Gasteiger partial charge in [0.15, 0.2) is 0 Å². The van der Waals surface area contributed by atoms with Crippen molar-refractivity contribution >= 4 is 11.6 Å². The van der Waals surface area contributed by atoms with Crippen LogP contribution in [0.25, 0.3) is 0 Å². The van der Waals surface area contributed by atoms with Gasteiger partial charge >= 0.3 is 0 Å². The van der Waals surface area contributed by atoms with Gasteiger partial charge in [-0.3, -0.25) is 4.79 Å². The van der Waals surface area contributed by atoms with Crippen molar-refractivity contribution in [1.82, 2.24) is 0 Å². The molecule has 16 heavy (non-hydrogen) atoms. The van der Waals surface area contributed by atoms with E-state index in [9.17, 15) is 4.79 Å². The van der Waals surface area contributed by atoms with Gasteiger partial charge in [0.25, 0.3) is 0 Å². The highest BCUT2D eigenvalue weighted by atomic mass is 16.5. The molecule has 0 saturated carbocycles. The quantitative estimate of drug-likeness (QED) is 0.828. The predicted octanol–water partition coefficient (Wildman–Crippen LogP) is 2.88. The number of hydrogen-bond acceptors (Lipinski definition) is 2. The van der Waals surface area contributed by atoms with Crippen molar-refractivity contribution in [2.45, 2.75) is 20.3 Å². The predicted molar refractivity (Wildman–Crippen MR) is 65.4 cm³/mol. The van der Waals surface area contributed by atoms with Crippen molar-refractivity contribution in [2.75, 3.05) is 12.4 Å². The van der Waals surface area contributed by atoms with E-state index >= 15 is 0 Å². The number of benzene rings is 1. The third kappa shape index (κ3) is 3.93. The third-order valence-electron chi connectivity index (χ3n) is 2.44. The molecule has 1 N–H and O–H groups in total. The average Bonchev–Trinajstić information content (AvgIpc) is 2.29. The van der Waals surface area contributed by atoms with Crippen molar-refractivity contribution in [3.05, 3.63) is 30.7 Å². The first-order valence-electron chi connectivity index (χ1n) is 5.45. The number of ether oxygens (including phenoxy) is 1. The Balaban J connectivity index is 2.49. The first-order valence-corrected chi connectivity index (χ1v) is 5.45. The Morgan fingerprint density at radius 1 is 1.44 bits per heavy atom. The second-order valence-corrected chi connectivity index (χ2v) is 3.77. The molecule has 1 radical (unpaired) electrons. The molecule has 0 aromatic heterocycles. The maximum atomic E-state index is 11.5. The van der Waals surface area contributed by atoms with Crippen LogP contribution in [0.15, 0.2) is 24.3 Å². The molecule has 3 heteroatoms. The lowest BCUT2D eigenvalue weighted by Crippen LogP contribution is -2.15. The van der Waals surface area contributed by atoms with E-state index in [1.165, 1.54) is 0 Å². The molecule has 0 heterocycles. The highest BCUT2D eigenvalue weighted by molar-refractivity contribution is 5.97. The Hall–Kier alpha value is -1.51. The van der Waals surface area contributed by atoms with Crippen LogP contribution in [0.1, 0.15) is 20.3 Å². The first kappa shape index (κ1) is 12.6. The molecule has 0 fully saturated rings. The molecule has 0 aliphatic rings. The number of nitrogens with one attached hydrogen (secondary N) is 1. The van der Waals surface area contributed by atoms with Crippen LogP contribution in [0.4, 0.5) is 5.69 Å². The van der Waals surface area contributed by atoms with E-state index in [-0.39, 0.29) is 5.91 Å². The topological polar surface area (TPSA) is 38.3 Å². The van der Waals surface area contributed by atoms with E-state index in [4.69, 9.17) is 4.74 Å². The normalized spacial score (nSPS) is 11.9. The van der Waals surface area contributed by atoms with Crippen LogP contribution >= 0.6 is 0 Å². The summed E-state index contributed by atoms with van der Waals surface area (Å²) in [6.45, 7) is 4.08. The largest absolute Gasteiger partial charge is 0.497 e. The Morgan fingerprint density at radius 2 is 2.06 bits per heavy atom. The minimum atomic E-state index is -0.0560. The third-order valence-corrected chi connectivity index (χ3v) is 2.44. The van der Waals surface area contributed by atoms with Crippen LogP contribution in [0, 0.1) is 12.3 Å². The summed E-state index contributed by atoms with van der Waals surface area (Å²) in [7, 11) is 1.62. The molecule has 87 valence electrons. The minimum absolute atomic E-state index is 0.0560. The fraction of sp³-hybridized carbons (Fsp3) is 0.385. The van der Waals surface area contributed by atoms with Gasteiger partial charge < -0.3 is 10.1 Å². The van der Waals surface area contributed by atoms with Crippen LogP contribution in [0.2, 0.25) is 0 Å². The summed E-state index contributed by atoms with van der Waals surface area (Å²) in [5.41, 5.74) is 0.783. The van der Waals surface area contributed by atoms with E-state index in [0.717, 1.165) is 17.9 Å². The van der Waals surface area contributed by atoms with Crippen LogP contribution < -0.4 is 10.1 Å². The van der Waals surface area contributed by atoms with Crippen molar-refractivity contribution in [3.63, 3.8) is 0 Å². The fourth-order valence-electron chi connectivity index (χ4n) is 1.23. The van der Waals surface area contributed by atoms with Gasteiger partial charge in [-0.05, 0) is 30.2 Å². The van der Waals surface area contributed by atoms with Gasteiger partial charge in [0.1, 0.15) is 5.75 Å².